The molecule has 158 valence electrons. The number of carbonyl (C=O) groups excluding carboxylic acids is 1. The predicted molar refractivity (Wildman–Crippen MR) is 117 cm³/mol. The fraction of sp³-hybridized carbons (Fsp3) is 0.480. The monoisotopic (exact) mass is 398 g/mol. The molecule has 0 radical (unpaired) electrons. The number of hydrogen-bond donors (Lipinski definition) is 0. The van der Waals surface area contributed by atoms with E-state index in [1.165, 1.54) is 44.9 Å². The number of carbonyl (C=O) groups is 1. The summed E-state index contributed by atoms with van der Waals surface area (Å²) in [7, 11) is 0. The van der Waals surface area contributed by atoms with E-state index in [0.717, 1.165) is 17.9 Å². The molecule has 0 bridgehead atoms. The first kappa shape index (κ1) is 22.8. The first-order valence-electron chi connectivity index (χ1n) is 10.9. The van der Waals surface area contributed by atoms with E-state index in [1.54, 1.807) is 36.4 Å². The van der Waals surface area contributed by atoms with E-state index in [4.69, 9.17) is 14.2 Å². The van der Waals surface area contributed by atoms with Crippen molar-refractivity contribution < 1.29 is 19.0 Å². The average molecular weight is 399 g/mol. The highest BCUT2D eigenvalue weighted by molar-refractivity contribution is 5.91. The maximum Gasteiger partial charge on any atom is 0.343 e. The van der Waals surface area contributed by atoms with Gasteiger partial charge in [0.1, 0.15) is 17.2 Å². The van der Waals surface area contributed by atoms with Gasteiger partial charge < -0.3 is 14.2 Å². The lowest BCUT2D eigenvalue weighted by atomic mass is 10.1. The van der Waals surface area contributed by atoms with Crippen molar-refractivity contribution >= 4 is 5.97 Å². The Morgan fingerprint density at radius 1 is 0.655 bits per heavy atom. The number of esters is 1. The molecule has 2 rings (SSSR count). The van der Waals surface area contributed by atoms with Crippen LogP contribution in [0.2, 0.25) is 0 Å². The third-order valence-corrected chi connectivity index (χ3v) is 4.70. The van der Waals surface area contributed by atoms with Crippen molar-refractivity contribution in [1.29, 1.82) is 0 Å². The van der Waals surface area contributed by atoms with Crippen LogP contribution < -0.4 is 14.2 Å². The summed E-state index contributed by atoms with van der Waals surface area (Å²) in [5.41, 5.74) is 0.498. The molecule has 0 saturated heterocycles. The van der Waals surface area contributed by atoms with Gasteiger partial charge in [0, 0.05) is 0 Å². The van der Waals surface area contributed by atoms with Crippen molar-refractivity contribution in [2.45, 2.75) is 65.2 Å². The molecule has 0 fully saturated rings. The summed E-state index contributed by atoms with van der Waals surface area (Å²) in [5.74, 6) is 1.65. The van der Waals surface area contributed by atoms with Crippen molar-refractivity contribution in [1.82, 2.24) is 0 Å². The summed E-state index contributed by atoms with van der Waals surface area (Å²) >= 11 is 0. The van der Waals surface area contributed by atoms with Gasteiger partial charge in [0.2, 0.25) is 0 Å². The highest BCUT2D eigenvalue weighted by Crippen LogP contribution is 2.20. The summed E-state index contributed by atoms with van der Waals surface area (Å²) in [6, 6.07) is 14.1. The molecule has 0 amide bonds. The molecule has 2 aromatic rings. The second kappa shape index (κ2) is 13.6. The van der Waals surface area contributed by atoms with Gasteiger partial charge in [0.25, 0.3) is 0 Å². The Balaban J connectivity index is 1.66. The van der Waals surface area contributed by atoms with Gasteiger partial charge >= 0.3 is 5.97 Å². The van der Waals surface area contributed by atoms with Crippen LogP contribution in [-0.2, 0) is 0 Å². The molecule has 0 heterocycles. The average Bonchev–Trinajstić information content (AvgIpc) is 2.74. The molecule has 0 aliphatic carbocycles. The third kappa shape index (κ3) is 9.03. The second-order valence-corrected chi connectivity index (χ2v) is 7.14. The van der Waals surface area contributed by atoms with Crippen LogP contribution in [0, 0.1) is 0 Å². The van der Waals surface area contributed by atoms with Crippen molar-refractivity contribution in [3.05, 3.63) is 54.1 Å². The molecule has 0 unspecified atom stereocenters. The number of hydrogen-bond acceptors (Lipinski definition) is 4. The molecule has 29 heavy (non-hydrogen) atoms. The van der Waals surface area contributed by atoms with Gasteiger partial charge in [0.05, 0.1) is 18.8 Å². The molecule has 0 spiro atoms. The highest BCUT2D eigenvalue weighted by Gasteiger charge is 2.09. The molecule has 0 aromatic heterocycles. The molecular formula is C25H34O4. The summed E-state index contributed by atoms with van der Waals surface area (Å²) in [4.78, 5) is 12.3. The van der Waals surface area contributed by atoms with Crippen LogP contribution in [0.1, 0.15) is 75.6 Å². The maximum atomic E-state index is 12.3. The van der Waals surface area contributed by atoms with Crippen molar-refractivity contribution in [3.8, 4) is 17.2 Å². The molecule has 4 nitrogen and oxygen atoms in total. The van der Waals surface area contributed by atoms with Crippen LogP contribution >= 0.6 is 0 Å². The number of benzene rings is 2. The van der Waals surface area contributed by atoms with Gasteiger partial charge in [-0.1, -0.05) is 51.9 Å². The minimum atomic E-state index is -0.385. The van der Waals surface area contributed by atoms with Crippen LogP contribution in [0.4, 0.5) is 0 Å². The second-order valence-electron chi connectivity index (χ2n) is 7.14. The number of rotatable bonds is 14. The Morgan fingerprint density at radius 2 is 1.17 bits per heavy atom. The van der Waals surface area contributed by atoms with Gasteiger partial charge in [-0.05, 0) is 61.9 Å². The summed E-state index contributed by atoms with van der Waals surface area (Å²) in [5, 5.41) is 0. The van der Waals surface area contributed by atoms with Crippen LogP contribution in [0.3, 0.4) is 0 Å². The van der Waals surface area contributed by atoms with E-state index in [9.17, 15) is 4.79 Å². The van der Waals surface area contributed by atoms with E-state index >= 15 is 0 Å². The standard InChI is InChI=1S/C25H34O4/c1-3-5-6-7-8-9-10-11-20-28-23-14-12-21(13-15-23)25(26)29-24-18-16-22(17-19-24)27-4-2/h12-19H,3-11,20H2,1-2H3. The molecule has 0 aliphatic rings. The highest BCUT2D eigenvalue weighted by atomic mass is 16.5. The van der Waals surface area contributed by atoms with Gasteiger partial charge in [-0.25, -0.2) is 4.79 Å². The lowest BCUT2D eigenvalue weighted by Crippen LogP contribution is -2.08. The zero-order valence-electron chi connectivity index (χ0n) is 17.8. The molecule has 0 saturated carbocycles. The molecule has 4 heteroatoms. The third-order valence-electron chi connectivity index (χ3n) is 4.70. The number of unbranched alkanes of at least 4 members (excludes halogenated alkanes) is 7. The van der Waals surface area contributed by atoms with Gasteiger partial charge in [-0.3, -0.25) is 0 Å². The SMILES string of the molecule is CCCCCCCCCCOc1ccc(C(=O)Oc2ccc(OCC)cc2)cc1. The van der Waals surface area contributed by atoms with E-state index < -0.39 is 0 Å². The minimum Gasteiger partial charge on any atom is -0.494 e. The number of ether oxygens (including phenoxy) is 3. The smallest absolute Gasteiger partial charge is 0.343 e. The Labute approximate surface area is 175 Å². The van der Waals surface area contributed by atoms with Gasteiger partial charge in [-0.2, -0.15) is 0 Å². The van der Waals surface area contributed by atoms with Crippen LogP contribution in [0.5, 0.6) is 17.2 Å². The van der Waals surface area contributed by atoms with Crippen molar-refractivity contribution in [2.24, 2.45) is 0 Å². The lowest BCUT2D eigenvalue weighted by molar-refractivity contribution is 0.0734. The summed E-state index contributed by atoms with van der Waals surface area (Å²) in [6.45, 7) is 5.49. The van der Waals surface area contributed by atoms with E-state index in [-0.39, 0.29) is 5.97 Å². The van der Waals surface area contributed by atoms with Crippen LogP contribution in [0.15, 0.2) is 48.5 Å². The Bertz CT molecular complexity index is 692. The minimum absolute atomic E-state index is 0.385. The normalized spacial score (nSPS) is 10.6. The molecule has 0 aliphatic heterocycles. The quantitative estimate of drug-likeness (QED) is 0.199. The van der Waals surface area contributed by atoms with Crippen molar-refractivity contribution in [2.75, 3.05) is 13.2 Å². The molecule has 0 N–H and O–H groups in total. The van der Waals surface area contributed by atoms with E-state index in [2.05, 4.69) is 6.92 Å². The largest absolute Gasteiger partial charge is 0.494 e. The zero-order chi connectivity index (χ0) is 20.7. The first-order valence-corrected chi connectivity index (χ1v) is 10.9. The Hall–Kier alpha value is -2.49. The fourth-order valence-corrected chi connectivity index (χ4v) is 3.05. The van der Waals surface area contributed by atoms with Crippen LogP contribution in [-0.4, -0.2) is 19.2 Å². The van der Waals surface area contributed by atoms with Crippen molar-refractivity contribution in [3.63, 3.8) is 0 Å². The lowest BCUT2D eigenvalue weighted by Gasteiger charge is -2.08. The Morgan fingerprint density at radius 3 is 1.79 bits per heavy atom. The van der Waals surface area contributed by atoms with Gasteiger partial charge in [0.15, 0.2) is 0 Å². The van der Waals surface area contributed by atoms with E-state index in [1.807, 2.05) is 19.1 Å². The van der Waals surface area contributed by atoms with E-state index in [0.29, 0.717) is 24.5 Å². The summed E-state index contributed by atoms with van der Waals surface area (Å²) in [6.07, 6.45) is 10.2. The molecule has 0 atom stereocenters. The zero-order valence-corrected chi connectivity index (χ0v) is 17.8. The molecule has 2 aromatic carbocycles. The van der Waals surface area contributed by atoms with Gasteiger partial charge in [-0.15, -0.1) is 0 Å². The first-order chi connectivity index (χ1) is 14.2. The fourth-order valence-electron chi connectivity index (χ4n) is 3.05. The maximum absolute atomic E-state index is 12.3. The Kier molecular flexibility index (Phi) is 10.7. The topological polar surface area (TPSA) is 44.8 Å². The summed E-state index contributed by atoms with van der Waals surface area (Å²) < 4.78 is 16.6. The molecular weight excluding hydrogens is 364 g/mol. The predicted octanol–water partition coefficient (Wildman–Crippen LogP) is 6.82. The van der Waals surface area contributed by atoms with Crippen LogP contribution in [0.25, 0.3) is 0 Å².